The normalized spacial score (nSPS) is 20.3. The molecule has 0 bridgehead atoms. The number of hydrogen-bond acceptors (Lipinski definition) is 3. The molecule has 0 radical (unpaired) electrons. The van der Waals surface area contributed by atoms with Crippen molar-refractivity contribution >= 4 is 11.9 Å². The number of urea groups is 1. The van der Waals surface area contributed by atoms with Crippen molar-refractivity contribution in [2.75, 3.05) is 0 Å². The second kappa shape index (κ2) is 5.58. The lowest BCUT2D eigenvalue weighted by Crippen LogP contribution is -2.40. The molecule has 1 fully saturated rings. The molecule has 0 unspecified atom stereocenters. The van der Waals surface area contributed by atoms with Gasteiger partial charge in [-0.1, -0.05) is 48.5 Å². The van der Waals surface area contributed by atoms with Gasteiger partial charge in [0, 0.05) is 0 Å². The van der Waals surface area contributed by atoms with Crippen LogP contribution in [0.15, 0.2) is 54.6 Å². The van der Waals surface area contributed by atoms with Gasteiger partial charge in [-0.15, -0.1) is 0 Å². The summed E-state index contributed by atoms with van der Waals surface area (Å²) in [6.45, 7) is 1.77. The first-order valence-corrected chi connectivity index (χ1v) is 7.24. The topological polar surface area (TPSA) is 73.2 Å². The Kier molecular flexibility index (Phi) is 3.59. The third-order valence-corrected chi connectivity index (χ3v) is 4.09. The molecule has 1 aliphatic heterocycles. The molecule has 1 heterocycles. The van der Waals surface area contributed by atoms with E-state index in [2.05, 4.69) is 11.4 Å². The SMILES string of the molecule is C[C@@]1(c2ccccc2)NC(=O)N(Cc2ccccc2C#N)C1=O. The highest BCUT2D eigenvalue weighted by molar-refractivity contribution is 6.07. The molecule has 1 saturated heterocycles. The lowest BCUT2D eigenvalue weighted by molar-refractivity contribution is -0.131. The number of carbonyl (C=O) groups is 2. The van der Waals surface area contributed by atoms with Gasteiger partial charge >= 0.3 is 6.03 Å². The van der Waals surface area contributed by atoms with Crippen LogP contribution in [0.2, 0.25) is 0 Å². The van der Waals surface area contributed by atoms with Gasteiger partial charge < -0.3 is 5.32 Å². The molecule has 3 rings (SSSR count). The number of nitrogens with zero attached hydrogens (tertiary/aromatic N) is 2. The number of rotatable bonds is 3. The van der Waals surface area contributed by atoms with Crippen molar-refractivity contribution in [1.29, 1.82) is 5.26 Å². The Balaban J connectivity index is 1.92. The number of benzene rings is 2. The molecule has 1 atom stereocenters. The van der Waals surface area contributed by atoms with E-state index < -0.39 is 11.6 Å². The van der Waals surface area contributed by atoms with Crippen LogP contribution in [0, 0.1) is 11.3 Å². The fraction of sp³-hybridized carbons (Fsp3) is 0.167. The van der Waals surface area contributed by atoms with E-state index in [0.717, 1.165) is 10.5 Å². The predicted molar refractivity (Wildman–Crippen MR) is 84.0 cm³/mol. The van der Waals surface area contributed by atoms with Crippen molar-refractivity contribution in [1.82, 2.24) is 10.2 Å². The van der Waals surface area contributed by atoms with E-state index in [9.17, 15) is 9.59 Å². The molecule has 0 aromatic heterocycles. The van der Waals surface area contributed by atoms with Gasteiger partial charge in [0.05, 0.1) is 18.2 Å². The van der Waals surface area contributed by atoms with Crippen LogP contribution in [0.5, 0.6) is 0 Å². The molecular weight excluding hydrogens is 290 g/mol. The van der Waals surface area contributed by atoms with E-state index in [1.807, 2.05) is 30.3 Å². The summed E-state index contributed by atoms with van der Waals surface area (Å²) >= 11 is 0. The van der Waals surface area contributed by atoms with Gasteiger partial charge in [0.2, 0.25) is 0 Å². The summed E-state index contributed by atoms with van der Waals surface area (Å²) in [6, 6.07) is 17.7. The summed E-state index contributed by atoms with van der Waals surface area (Å²) in [6.07, 6.45) is 0. The molecule has 114 valence electrons. The van der Waals surface area contributed by atoms with E-state index in [1.165, 1.54) is 0 Å². The Morgan fingerprint density at radius 2 is 1.74 bits per heavy atom. The lowest BCUT2D eigenvalue weighted by Gasteiger charge is -2.22. The maximum Gasteiger partial charge on any atom is 0.325 e. The van der Waals surface area contributed by atoms with Gasteiger partial charge in [0.1, 0.15) is 5.54 Å². The smallest absolute Gasteiger partial charge is 0.319 e. The van der Waals surface area contributed by atoms with Crippen LogP contribution in [0.25, 0.3) is 0 Å². The predicted octanol–water partition coefficient (Wildman–Crippen LogP) is 2.53. The monoisotopic (exact) mass is 305 g/mol. The minimum atomic E-state index is -1.08. The van der Waals surface area contributed by atoms with Crippen molar-refractivity contribution in [2.24, 2.45) is 0 Å². The van der Waals surface area contributed by atoms with Crippen molar-refractivity contribution in [2.45, 2.75) is 19.0 Å². The third kappa shape index (κ3) is 2.44. The average Bonchev–Trinajstić information content (AvgIpc) is 2.80. The molecule has 0 aliphatic carbocycles. The Morgan fingerprint density at radius 3 is 2.43 bits per heavy atom. The minimum Gasteiger partial charge on any atom is -0.319 e. The Bertz CT molecular complexity index is 811. The van der Waals surface area contributed by atoms with Crippen molar-refractivity contribution in [3.8, 4) is 6.07 Å². The molecule has 2 aromatic rings. The fourth-order valence-corrected chi connectivity index (χ4v) is 2.75. The summed E-state index contributed by atoms with van der Waals surface area (Å²) in [5.74, 6) is -0.318. The van der Waals surface area contributed by atoms with Crippen molar-refractivity contribution < 1.29 is 9.59 Å². The summed E-state index contributed by atoms with van der Waals surface area (Å²) in [7, 11) is 0. The van der Waals surface area contributed by atoms with E-state index in [-0.39, 0.29) is 12.5 Å². The number of amides is 3. The average molecular weight is 305 g/mol. The molecule has 5 nitrogen and oxygen atoms in total. The molecule has 5 heteroatoms. The molecule has 0 saturated carbocycles. The zero-order chi connectivity index (χ0) is 16.4. The standard InChI is InChI=1S/C18H15N3O2/c1-18(15-9-3-2-4-10-15)16(22)21(17(23)20-18)12-14-8-6-5-7-13(14)11-19/h2-10H,12H2,1H3,(H,20,23)/t18-/m0/s1. The number of nitrogens with one attached hydrogen (secondary N) is 1. The maximum atomic E-state index is 12.8. The summed E-state index contributed by atoms with van der Waals surface area (Å²) in [4.78, 5) is 26.2. The quantitative estimate of drug-likeness (QED) is 0.886. The molecule has 23 heavy (non-hydrogen) atoms. The van der Waals surface area contributed by atoms with E-state index >= 15 is 0 Å². The zero-order valence-corrected chi connectivity index (χ0v) is 12.6. The largest absolute Gasteiger partial charge is 0.325 e. The first-order chi connectivity index (χ1) is 11.1. The molecule has 1 N–H and O–H groups in total. The van der Waals surface area contributed by atoms with E-state index in [1.54, 1.807) is 31.2 Å². The van der Waals surface area contributed by atoms with Crippen molar-refractivity contribution in [3.05, 3.63) is 71.3 Å². The first-order valence-electron chi connectivity index (χ1n) is 7.24. The zero-order valence-electron chi connectivity index (χ0n) is 12.6. The van der Waals surface area contributed by atoms with Crippen LogP contribution in [-0.4, -0.2) is 16.8 Å². The first kappa shape index (κ1) is 14.8. The second-order valence-electron chi connectivity index (χ2n) is 5.58. The maximum absolute atomic E-state index is 12.8. The molecule has 2 aromatic carbocycles. The van der Waals surface area contributed by atoms with E-state index in [4.69, 9.17) is 5.26 Å². The molecular formula is C18H15N3O2. The van der Waals surface area contributed by atoms with Crippen LogP contribution in [0.3, 0.4) is 0 Å². The number of hydrogen-bond donors (Lipinski definition) is 1. The van der Waals surface area contributed by atoms with Gasteiger partial charge in [-0.3, -0.25) is 9.69 Å². The van der Waals surface area contributed by atoms with Crippen LogP contribution >= 0.6 is 0 Å². The van der Waals surface area contributed by atoms with Gasteiger partial charge in [0.15, 0.2) is 0 Å². The number of nitriles is 1. The highest BCUT2D eigenvalue weighted by atomic mass is 16.2. The summed E-state index contributed by atoms with van der Waals surface area (Å²) < 4.78 is 0. The van der Waals surface area contributed by atoms with Gasteiger partial charge in [-0.25, -0.2) is 4.79 Å². The van der Waals surface area contributed by atoms with Gasteiger partial charge in [-0.2, -0.15) is 5.26 Å². The minimum absolute atomic E-state index is 0.0802. The number of carbonyl (C=O) groups excluding carboxylic acids is 2. The Labute approximate surface area is 134 Å². The summed E-state index contributed by atoms with van der Waals surface area (Å²) in [5, 5.41) is 11.9. The fourth-order valence-electron chi connectivity index (χ4n) is 2.75. The third-order valence-electron chi connectivity index (χ3n) is 4.09. The second-order valence-corrected chi connectivity index (χ2v) is 5.58. The van der Waals surface area contributed by atoms with Gasteiger partial charge in [-0.05, 0) is 24.1 Å². The molecule has 3 amide bonds. The summed E-state index contributed by atoms with van der Waals surface area (Å²) in [5.41, 5.74) is 0.756. The van der Waals surface area contributed by atoms with E-state index in [0.29, 0.717) is 11.1 Å². The van der Waals surface area contributed by atoms with Crippen LogP contribution < -0.4 is 5.32 Å². The highest BCUT2D eigenvalue weighted by Gasteiger charge is 2.48. The van der Waals surface area contributed by atoms with Crippen LogP contribution in [-0.2, 0) is 16.9 Å². The Hall–Kier alpha value is -3.13. The number of imide groups is 1. The van der Waals surface area contributed by atoms with Crippen molar-refractivity contribution in [3.63, 3.8) is 0 Å². The lowest BCUT2D eigenvalue weighted by atomic mass is 9.92. The molecule has 1 aliphatic rings. The highest BCUT2D eigenvalue weighted by Crippen LogP contribution is 2.29. The van der Waals surface area contributed by atoms with Crippen LogP contribution in [0.1, 0.15) is 23.6 Å². The molecule has 0 spiro atoms. The Morgan fingerprint density at radius 1 is 1.09 bits per heavy atom. The van der Waals surface area contributed by atoms with Crippen LogP contribution in [0.4, 0.5) is 4.79 Å². The van der Waals surface area contributed by atoms with Gasteiger partial charge in [0.25, 0.3) is 5.91 Å².